The van der Waals surface area contributed by atoms with E-state index in [0.717, 1.165) is 11.4 Å². The van der Waals surface area contributed by atoms with E-state index < -0.39 is 5.97 Å². The van der Waals surface area contributed by atoms with Crippen molar-refractivity contribution in [1.29, 1.82) is 0 Å². The molecule has 5 heteroatoms. The van der Waals surface area contributed by atoms with Gasteiger partial charge in [-0.15, -0.1) is 0 Å². The molecule has 0 spiro atoms. The molecule has 78 valence electrons. The van der Waals surface area contributed by atoms with E-state index in [2.05, 4.69) is 10.1 Å². The highest BCUT2D eigenvalue weighted by atomic mass is 16.4. The number of carboxylic acids is 1. The Hall–Kier alpha value is -2.04. The third-order valence-corrected chi connectivity index (χ3v) is 2.22. The number of carboxylic acid groups (broad SMARTS) is 1. The van der Waals surface area contributed by atoms with E-state index >= 15 is 0 Å². The third kappa shape index (κ3) is 1.63. The van der Waals surface area contributed by atoms with Crippen molar-refractivity contribution < 1.29 is 9.90 Å². The molecular formula is C10H11N3O2. The molecule has 0 aliphatic carbocycles. The van der Waals surface area contributed by atoms with Crippen LogP contribution in [0.3, 0.4) is 0 Å². The Labute approximate surface area is 86.4 Å². The van der Waals surface area contributed by atoms with Crippen molar-refractivity contribution in [2.24, 2.45) is 7.05 Å². The maximum Gasteiger partial charge on any atom is 0.352 e. The lowest BCUT2D eigenvalue weighted by Crippen LogP contribution is -1.98. The fourth-order valence-corrected chi connectivity index (χ4v) is 1.48. The molecule has 2 heterocycles. The second-order valence-corrected chi connectivity index (χ2v) is 3.42. The van der Waals surface area contributed by atoms with Crippen molar-refractivity contribution in [2.45, 2.75) is 6.92 Å². The van der Waals surface area contributed by atoms with E-state index in [1.807, 2.05) is 19.3 Å². The fourth-order valence-electron chi connectivity index (χ4n) is 1.48. The molecule has 5 nitrogen and oxygen atoms in total. The number of hydrogen-bond donors (Lipinski definition) is 2. The number of nitrogens with zero attached hydrogens (tertiary/aromatic N) is 2. The highest BCUT2D eigenvalue weighted by molar-refractivity contribution is 5.88. The smallest absolute Gasteiger partial charge is 0.352 e. The van der Waals surface area contributed by atoms with Crippen LogP contribution in [0.4, 0.5) is 0 Å². The average molecular weight is 205 g/mol. The summed E-state index contributed by atoms with van der Waals surface area (Å²) in [5.74, 6) is -0.949. The Bertz CT molecular complexity index is 510. The number of aromatic amines is 1. The zero-order valence-electron chi connectivity index (χ0n) is 8.48. The molecule has 2 aromatic heterocycles. The number of aromatic carboxylic acids is 1. The van der Waals surface area contributed by atoms with Gasteiger partial charge in [0.1, 0.15) is 11.4 Å². The first kappa shape index (κ1) is 9.51. The standard InChI is InChI=1S/C10H11N3O2/c1-6-5-8(11-9(6)10(14)15)7-3-4-13(2)12-7/h3-5,11H,1-2H3,(H,14,15). The molecule has 0 aliphatic rings. The van der Waals surface area contributed by atoms with Crippen molar-refractivity contribution in [3.63, 3.8) is 0 Å². The van der Waals surface area contributed by atoms with Crippen LogP contribution in [0.2, 0.25) is 0 Å². The fraction of sp³-hybridized carbons (Fsp3) is 0.200. The van der Waals surface area contributed by atoms with Crippen LogP contribution in [-0.4, -0.2) is 25.8 Å². The highest BCUT2D eigenvalue weighted by Gasteiger charge is 2.12. The third-order valence-electron chi connectivity index (χ3n) is 2.22. The second kappa shape index (κ2) is 3.27. The van der Waals surface area contributed by atoms with Crippen LogP contribution in [-0.2, 0) is 7.05 Å². The molecule has 0 radical (unpaired) electrons. The van der Waals surface area contributed by atoms with E-state index in [1.54, 1.807) is 17.7 Å². The van der Waals surface area contributed by atoms with Crippen molar-refractivity contribution in [2.75, 3.05) is 0 Å². The Morgan fingerprint density at radius 3 is 2.80 bits per heavy atom. The summed E-state index contributed by atoms with van der Waals surface area (Å²) in [6, 6.07) is 3.61. The largest absolute Gasteiger partial charge is 0.477 e. The van der Waals surface area contributed by atoms with Crippen LogP contribution >= 0.6 is 0 Å². The Balaban J connectivity index is 2.46. The van der Waals surface area contributed by atoms with E-state index in [9.17, 15) is 4.79 Å². The van der Waals surface area contributed by atoms with Gasteiger partial charge in [0.2, 0.25) is 0 Å². The van der Waals surface area contributed by atoms with Crippen LogP contribution in [0.5, 0.6) is 0 Å². The van der Waals surface area contributed by atoms with Crippen LogP contribution in [0.1, 0.15) is 16.1 Å². The molecule has 0 aromatic carbocycles. The number of aromatic nitrogens is 3. The van der Waals surface area contributed by atoms with E-state index in [4.69, 9.17) is 5.11 Å². The lowest BCUT2D eigenvalue weighted by atomic mass is 10.2. The van der Waals surface area contributed by atoms with Crippen LogP contribution in [0, 0.1) is 6.92 Å². The van der Waals surface area contributed by atoms with Crippen molar-refractivity contribution in [3.05, 3.63) is 29.6 Å². The quantitative estimate of drug-likeness (QED) is 0.778. The topological polar surface area (TPSA) is 70.9 Å². The predicted molar refractivity (Wildman–Crippen MR) is 54.7 cm³/mol. The van der Waals surface area contributed by atoms with Gasteiger partial charge in [0.15, 0.2) is 0 Å². The first-order chi connectivity index (χ1) is 7.08. The summed E-state index contributed by atoms with van der Waals surface area (Å²) in [5.41, 5.74) is 2.40. The molecule has 2 aromatic rings. The Morgan fingerprint density at radius 1 is 1.60 bits per heavy atom. The molecule has 2 rings (SSSR count). The maximum absolute atomic E-state index is 10.8. The maximum atomic E-state index is 10.8. The number of hydrogen-bond acceptors (Lipinski definition) is 2. The number of nitrogens with one attached hydrogen (secondary N) is 1. The number of carbonyl (C=O) groups is 1. The summed E-state index contributed by atoms with van der Waals surface area (Å²) in [7, 11) is 1.82. The molecule has 0 aliphatic heterocycles. The van der Waals surface area contributed by atoms with Gasteiger partial charge in [0.05, 0.1) is 5.69 Å². The zero-order valence-corrected chi connectivity index (χ0v) is 8.48. The minimum Gasteiger partial charge on any atom is -0.477 e. The minimum atomic E-state index is -0.949. The summed E-state index contributed by atoms with van der Waals surface area (Å²) in [5, 5.41) is 13.1. The van der Waals surface area contributed by atoms with Crippen molar-refractivity contribution in [3.8, 4) is 11.4 Å². The molecular weight excluding hydrogens is 194 g/mol. The predicted octanol–water partition coefficient (Wildman–Crippen LogP) is 1.42. The average Bonchev–Trinajstić information content (AvgIpc) is 2.71. The van der Waals surface area contributed by atoms with Gasteiger partial charge in [-0.3, -0.25) is 4.68 Å². The molecule has 0 atom stereocenters. The number of rotatable bonds is 2. The molecule has 15 heavy (non-hydrogen) atoms. The summed E-state index contributed by atoms with van der Waals surface area (Å²) >= 11 is 0. The van der Waals surface area contributed by atoms with Gasteiger partial charge in [-0.1, -0.05) is 0 Å². The van der Waals surface area contributed by atoms with Gasteiger partial charge in [-0.2, -0.15) is 5.10 Å². The molecule has 0 amide bonds. The molecule has 0 unspecified atom stereocenters. The zero-order chi connectivity index (χ0) is 11.0. The number of aryl methyl sites for hydroxylation is 2. The van der Waals surface area contributed by atoms with E-state index in [0.29, 0.717) is 5.56 Å². The summed E-state index contributed by atoms with van der Waals surface area (Å²) in [6.45, 7) is 1.76. The molecule has 0 bridgehead atoms. The highest BCUT2D eigenvalue weighted by Crippen LogP contribution is 2.19. The van der Waals surface area contributed by atoms with Gasteiger partial charge in [0, 0.05) is 13.2 Å². The summed E-state index contributed by atoms with van der Waals surface area (Å²) in [4.78, 5) is 13.6. The van der Waals surface area contributed by atoms with Gasteiger partial charge in [0.25, 0.3) is 0 Å². The lowest BCUT2D eigenvalue weighted by Gasteiger charge is -1.91. The monoisotopic (exact) mass is 205 g/mol. The normalized spacial score (nSPS) is 10.5. The van der Waals surface area contributed by atoms with Gasteiger partial charge >= 0.3 is 5.97 Å². The van der Waals surface area contributed by atoms with Gasteiger partial charge in [-0.05, 0) is 24.6 Å². The van der Waals surface area contributed by atoms with Crippen LogP contribution in [0.15, 0.2) is 18.3 Å². The Kier molecular flexibility index (Phi) is 2.07. The molecule has 0 fully saturated rings. The lowest BCUT2D eigenvalue weighted by molar-refractivity contribution is 0.0690. The summed E-state index contributed by atoms with van der Waals surface area (Å²) < 4.78 is 1.67. The number of H-pyrrole nitrogens is 1. The van der Waals surface area contributed by atoms with Crippen molar-refractivity contribution >= 4 is 5.97 Å². The van der Waals surface area contributed by atoms with E-state index in [1.165, 1.54) is 0 Å². The second-order valence-electron chi connectivity index (χ2n) is 3.42. The van der Waals surface area contributed by atoms with Gasteiger partial charge in [-0.25, -0.2) is 4.79 Å². The minimum absolute atomic E-state index is 0.218. The van der Waals surface area contributed by atoms with Gasteiger partial charge < -0.3 is 10.1 Å². The van der Waals surface area contributed by atoms with Crippen LogP contribution < -0.4 is 0 Å². The Morgan fingerprint density at radius 2 is 2.33 bits per heavy atom. The first-order valence-electron chi connectivity index (χ1n) is 4.51. The molecule has 0 saturated carbocycles. The molecule has 2 N–H and O–H groups in total. The van der Waals surface area contributed by atoms with E-state index in [-0.39, 0.29) is 5.69 Å². The van der Waals surface area contributed by atoms with Crippen LogP contribution in [0.25, 0.3) is 11.4 Å². The SMILES string of the molecule is Cc1cc(-c2ccn(C)n2)[nH]c1C(=O)O. The first-order valence-corrected chi connectivity index (χ1v) is 4.51. The van der Waals surface area contributed by atoms with Crippen molar-refractivity contribution in [1.82, 2.24) is 14.8 Å². The molecule has 0 saturated heterocycles. The summed E-state index contributed by atoms with van der Waals surface area (Å²) in [6.07, 6.45) is 1.81.